The molecule has 0 unspecified atom stereocenters. The van der Waals surface area contributed by atoms with Crippen molar-refractivity contribution in [3.8, 4) is 0 Å². The summed E-state index contributed by atoms with van der Waals surface area (Å²) in [5.41, 5.74) is 4.84. The second-order valence-corrected chi connectivity index (χ2v) is 4.96. The minimum atomic E-state index is -0.991. The first-order chi connectivity index (χ1) is 8.52. The number of hydrogen-bond donors (Lipinski definition) is 3. The van der Waals surface area contributed by atoms with Crippen LogP contribution in [0.1, 0.15) is 32.1 Å². The number of aliphatic hydroxyl groups is 1. The van der Waals surface area contributed by atoms with Gasteiger partial charge >= 0.3 is 0 Å². The highest BCUT2D eigenvalue weighted by Gasteiger charge is 2.29. The largest absolute Gasteiger partial charge is 0.397 e. The molecule has 0 aromatic heterocycles. The Bertz CT molecular complexity index is 431. The number of halogens is 2. The predicted molar refractivity (Wildman–Crippen MR) is 67.3 cm³/mol. The molecule has 1 aromatic carbocycles. The van der Waals surface area contributed by atoms with Gasteiger partial charge in [-0.25, -0.2) is 8.78 Å². The smallest absolute Gasteiger partial charge is 0.183 e. The number of nitrogens with one attached hydrogen (secondary N) is 1. The van der Waals surface area contributed by atoms with E-state index in [1.807, 2.05) is 0 Å². The van der Waals surface area contributed by atoms with Crippen molar-refractivity contribution in [1.82, 2.24) is 0 Å². The van der Waals surface area contributed by atoms with Crippen LogP contribution in [0.4, 0.5) is 20.2 Å². The fraction of sp³-hybridized carbons (Fsp3) is 0.538. The Balaban J connectivity index is 2.08. The molecule has 4 N–H and O–H groups in total. The molecule has 0 radical (unpaired) electrons. The van der Waals surface area contributed by atoms with E-state index in [0.717, 1.165) is 25.3 Å². The lowest BCUT2D eigenvalue weighted by Crippen LogP contribution is -2.39. The van der Waals surface area contributed by atoms with Crippen LogP contribution >= 0.6 is 0 Å². The summed E-state index contributed by atoms with van der Waals surface area (Å²) < 4.78 is 26.6. The van der Waals surface area contributed by atoms with Gasteiger partial charge < -0.3 is 16.2 Å². The minimum Gasteiger partial charge on any atom is -0.397 e. The molecule has 1 aromatic rings. The Morgan fingerprint density at radius 3 is 2.56 bits per heavy atom. The average molecular weight is 256 g/mol. The van der Waals surface area contributed by atoms with Gasteiger partial charge in [-0.3, -0.25) is 0 Å². The lowest BCUT2D eigenvalue weighted by Gasteiger charge is -2.32. The third-order valence-electron chi connectivity index (χ3n) is 3.51. The molecule has 5 heteroatoms. The summed E-state index contributed by atoms with van der Waals surface area (Å²) in [5.74, 6) is -1.93. The molecule has 0 atom stereocenters. The van der Waals surface area contributed by atoms with E-state index in [4.69, 9.17) is 5.73 Å². The van der Waals surface area contributed by atoms with Crippen molar-refractivity contribution < 1.29 is 13.9 Å². The summed E-state index contributed by atoms with van der Waals surface area (Å²) in [5, 5.41) is 13.0. The van der Waals surface area contributed by atoms with Gasteiger partial charge in [0.25, 0.3) is 0 Å². The maximum absolute atomic E-state index is 13.5. The van der Waals surface area contributed by atoms with Crippen molar-refractivity contribution in [2.75, 3.05) is 17.6 Å². The maximum atomic E-state index is 13.5. The maximum Gasteiger partial charge on any atom is 0.183 e. The Hall–Kier alpha value is -1.36. The summed E-state index contributed by atoms with van der Waals surface area (Å²) in [6.45, 7) is 0.192. The van der Waals surface area contributed by atoms with Gasteiger partial charge in [0, 0.05) is 6.54 Å². The third-order valence-corrected chi connectivity index (χ3v) is 3.51. The second-order valence-electron chi connectivity index (χ2n) is 4.96. The molecule has 0 saturated heterocycles. The molecule has 1 aliphatic rings. The predicted octanol–water partition coefficient (Wildman–Crippen LogP) is 2.65. The number of hydrogen-bond acceptors (Lipinski definition) is 3. The van der Waals surface area contributed by atoms with E-state index in [-0.39, 0.29) is 17.9 Å². The molecule has 1 saturated carbocycles. The first kappa shape index (κ1) is 13.1. The van der Waals surface area contributed by atoms with Gasteiger partial charge in [-0.15, -0.1) is 0 Å². The Morgan fingerprint density at radius 2 is 1.89 bits per heavy atom. The Kier molecular flexibility index (Phi) is 3.71. The molecule has 0 spiro atoms. The number of rotatable bonds is 3. The first-order valence-electron chi connectivity index (χ1n) is 6.22. The molecule has 1 aliphatic carbocycles. The molecular weight excluding hydrogens is 238 g/mol. The zero-order valence-electron chi connectivity index (χ0n) is 10.2. The van der Waals surface area contributed by atoms with Crippen LogP contribution in [-0.2, 0) is 0 Å². The van der Waals surface area contributed by atoms with Gasteiger partial charge in [0.15, 0.2) is 11.6 Å². The molecule has 0 aliphatic heterocycles. The van der Waals surface area contributed by atoms with Crippen LogP contribution in [-0.4, -0.2) is 17.3 Å². The number of nitrogens with two attached hydrogens (primary N) is 1. The van der Waals surface area contributed by atoms with Crippen LogP contribution in [0.3, 0.4) is 0 Å². The van der Waals surface area contributed by atoms with E-state index < -0.39 is 17.2 Å². The van der Waals surface area contributed by atoms with Gasteiger partial charge in [-0.1, -0.05) is 19.3 Å². The number of anilines is 2. The highest BCUT2D eigenvalue weighted by atomic mass is 19.2. The topological polar surface area (TPSA) is 58.3 Å². The van der Waals surface area contributed by atoms with E-state index in [1.54, 1.807) is 0 Å². The molecule has 18 heavy (non-hydrogen) atoms. The summed E-state index contributed by atoms with van der Waals surface area (Å²) in [4.78, 5) is 0. The normalized spacial score (nSPS) is 18.6. The summed E-state index contributed by atoms with van der Waals surface area (Å²) >= 11 is 0. The van der Waals surface area contributed by atoms with E-state index in [0.29, 0.717) is 12.8 Å². The number of benzene rings is 1. The Labute approximate surface area is 105 Å². The standard InChI is InChI=1S/C13H18F2N2O/c14-9-4-5-10(16)12(11(9)15)17-8-13(18)6-2-1-3-7-13/h4-5,17-18H,1-3,6-8,16H2. The van der Waals surface area contributed by atoms with E-state index >= 15 is 0 Å². The molecule has 100 valence electrons. The van der Waals surface area contributed by atoms with E-state index in [2.05, 4.69) is 5.32 Å². The van der Waals surface area contributed by atoms with Crippen LogP contribution in [0, 0.1) is 11.6 Å². The van der Waals surface area contributed by atoms with Crippen LogP contribution < -0.4 is 11.1 Å². The van der Waals surface area contributed by atoms with Crippen LogP contribution in [0.15, 0.2) is 12.1 Å². The average Bonchev–Trinajstić information content (AvgIpc) is 2.35. The molecule has 0 amide bonds. The van der Waals surface area contributed by atoms with Crippen molar-refractivity contribution in [3.05, 3.63) is 23.8 Å². The van der Waals surface area contributed by atoms with Gasteiger partial charge in [-0.05, 0) is 25.0 Å². The second kappa shape index (κ2) is 5.10. The summed E-state index contributed by atoms with van der Waals surface area (Å²) in [7, 11) is 0. The van der Waals surface area contributed by atoms with Gasteiger partial charge in [0.05, 0.1) is 17.0 Å². The van der Waals surface area contributed by atoms with E-state index in [1.165, 1.54) is 6.07 Å². The van der Waals surface area contributed by atoms with Crippen molar-refractivity contribution >= 4 is 11.4 Å². The fourth-order valence-electron chi connectivity index (χ4n) is 2.38. The highest BCUT2D eigenvalue weighted by molar-refractivity contribution is 5.66. The third kappa shape index (κ3) is 2.72. The summed E-state index contributed by atoms with van der Waals surface area (Å²) in [6.07, 6.45) is 4.38. The van der Waals surface area contributed by atoms with Crippen molar-refractivity contribution in [1.29, 1.82) is 0 Å². The van der Waals surface area contributed by atoms with Crippen LogP contribution in [0.25, 0.3) is 0 Å². The SMILES string of the molecule is Nc1ccc(F)c(F)c1NCC1(O)CCCCC1. The zero-order valence-corrected chi connectivity index (χ0v) is 10.2. The monoisotopic (exact) mass is 256 g/mol. The van der Waals surface area contributed by atoms with Crippen molar-refractivity contribution in [2.45, 2.75) is 37.7 Å². The first-order valence-corrected chi connectivity index (χ1v) is 6.22. The lowest BCUT2D eigenvalue weighted by molar-refractivity contribution is 0.0167. The molecular formula is C13H18F2N2O. The molecule has 1 fully saturated rings. The van der Waals surface area contributed by atoms with Crippen molar-refractivity contribution in [3.63, 3.8) is 0 Å². The molecule has 3 nitrogen and oxygen atoms in total. The number of nitrogen functional groups attached to an aromatic ring is 1. The van der Waals surface area contributed by atoms with Crippen LogP contribution in [0.2, 0.25) is 0 Å². The minimum absolute atomic E-state index is 0.0611. The molecule has 0 bridgehead atoms. The van der Waals surface area contributed by atoms with Gasteiger partial charge in [0.1, 0.15) is 0 Å². The fourth-order valence-corrected chi connectivity index (χ4v) is 2.38. The van der Waals surface area contributed by atoms with E-state index in [9.17, 15) is 13.9 Å². The highest BCUT2D eigenvalue weighted by Crippen LogP contribution is 2.30. The van der Waals surface area contributed by atoms with Crippen LogP contribution in [0.5, 0.6) is 0 Å². The summed E-state index contributed by atoms with van der Waals surface area (Å²) in [6, 6.07) is 2.30. The quantitative estimate of drug-likeness (QED) is 0.729. The molecule has 2 rings (SSSR count). The van der Waals surface area contributed by atoms with Gasteiger partial charge in [-0.2, -0.15) is 0 Å². The lowest BCUT2D eigenvalue weighted by atomic mass is 9.85. The Morgan fingerprint density at radius 1 is 1.22 bits per heavy atom. The zero-order chi connectivity index (χ0) is 13.2. The molecule has 0 heterocycles. The van der Waals surface area contributed by atoms with Crippen molar-refractivity contribution in [2.24, 2.45) is 0 Å². The van der Waals surface area contributed by atoms with Gasteiger partial charge in [0.2, 0.25) is 0 Å².